The predicted molar refractivity (Wildman–Crippen MR) is 43.8 cm³/mol. The van der Waals surface area contributed by atoms with Crippen molar-refractivity contribution in [1.29, 1.82) is 0 Å². The minimum absolute atomic E-state index is 0.00338. The molecule has 0 fully saturated rings. The van der Waals surface area contributed by atoms with E-state index in [0.717, 1.165) is 12.1 Å². The van der Waals surface area contributed by atoms with Crippen molar-refractivity contribution < 1.29 is 13.2 Å². The molecule has 0 aliphatic carbocycles. The van der Waals surface area contributed by atoms with Crippen LogP contribution in [-0.2, 0) is 12.1 Å². The molecular formula is C7H4Cl2F3N. The maximum Gasteiger partial charge on any atom is 0.418 e. The number of pyridine rings is 1. The van der Waals surface area contributed by atoms with E-state index in [1.54, 1.807) is 0 Å². The van der Waals surface area contributed by atoms with Gasteiger partial charge in [0.15, 0.2) is 0 Å². The molecule has 0 aliphatic heterocycles. The highest BCUT2D eigenvalue weighted by Crippen LogP contribution is 2.32. The van der Waals surface area contributed by atoms with Gasteiger partial charge >= 0.3 is 6.18 Å². The Balaban J connectivity index is 3.22. The summed E-state index contributed by atoms with van der Waals surface area (Å²) >= 11 is 10.7. The van der Waals surface area contributed by atoms with Gasteiger partial charge in [0.2, 0.25) is 0 Å². The molecule has 0 N–H and O–H groups in total. The minimum Gasteiger partial charge on any atom is -0.239 e. The van der Waals surface area contributed by atoms with Crippen LogP contribution in [0.5, 0.6) is 0 Å². The molecule has 0 atom stereocenters. The Hall–Kier alpha value is -0.480. The van der Waals surface area contributed by atoms with Crippen molar-refractivity contribution in [3.05, 3.63) is 28.5 Å². The van der Waals surface area contributed by atoms with Gasteiger partial charge in [0.25, 0.3) is 0 Å². The summed E-state index contributed by atoms with van der Waals surface area (Å²) in [5, 5.41) is 0.00338. The minimum atomic E-state index is -4.43. The summed E-state index contributed by atoms with van der Waals surface area (Å²) < 4.78 is 36.7. The lowest BCUT2D eigenvalue weighted by Gasteiger charge is -2.09. The van der Waals surface area contributed by atoms with Gasteiger partial charge in [-0.15, -0.1) is 11.6 Å². The molecule has 0 saturated carbocycles. The highest BCUT2D eigenvalue weighted by molar-refractivity contribution is 6.29. The fourth-order valence-electron chi connectivity index (χ4n) is 0.835. The molecule has 0 aliphatic rings. The van der Waals surface area contributed by atoms with E-state index in [4.69, 9.17) is 23.2 Å². The van der Waals surface area contributed by atoms with Crippen LogP contribution in [-0.4, -0.2) is 4.98 Å². The average Bonchev–Trinajstić information content (AvgIpc) is 2.01. The summed E-state index contributed by atoms with van der Waals surface area (Å²) in [6.07, 6.45) is -4.43. The molecule has 13 heavy (non-hydrogen) atoms. The number of alkyl halides is 4. The molecule has 0 spiro atoms. The number of halogens is 5. The van der Waals surface area contributed by atoms with Crippen LogP contribution < -0.4 is 0 Å². The van der Waals surface area contributed by atoms with Gasteiger partial charge in [0, 0.05) is 0 Å². The van der Waals surface area contributed by atoms with Gasteiger partial charge in [-0.05, 0) is 12.1 Å². The zero-order valence-corrected chi connectivity index (χ0v) is 7.71. The summed E-state index contributed by atoms with van der Waals surface area (Å²) in [5.74, 6) is -0.310. The van der Waals surface area contributed by atoms with Crippen LogP contribution in [0.25, 0.3) is 0 Å². The first-order valence-corrected chi connectivity index (χ1v) is 4.15. The van der Waals surface area contributed by atoms with Gasteiger partial charge in [-0.1, -0.05) is 11.6 Å². The normalized spacial score (nSPS) is 11.8. The Bertz CT molecular complexity index is 311. The Morgan fingerprint density at radius 1 is 1.31 bits per heavy atom. The molecule has 1 aromatic heterocycles. The highest BCUT2D eigenvalue weighted by atomic mass is 35.5. The Morgan fingerprint density at radius 3 is 2.38 bits per heavy atom. The standard InChI is InChI=1S/C7H4Cl2F3N/c8-3-5-4(7(10,11)12)1-2-6(9)13-5/h1-2H,3H2. The molecular weight excluding hydrogens is 226 g/mol. The van der Waals surface area contributed by atoms with Crippen LogP contribution in [0.3, 0.4) is 0 Å². The van der Waals surface area contributed by atoms with Crippen LogP contribution in [0.15, 0.2) is 12.1 Å². The Morgan fingerprint density at radius 2 is 1.92 bits per heavy atom. The number of nitrogens with zero attached hydrogens (tertiary/aromatic N) is 1. The zero-order valence-electron chi connectivity index (χ0n) is 6.20. The first-order valence-electron chi connectivity index (χ1n) is 3.23. The second kappa shape index (κ2) is 3.72. The summed E-state index contributed by atoms with van der Waals surface area (Å²) in [4.78, 5) is 3.47. The molecule has 1 heterocycles. The van der Waals surface area contributed by atoms with E-state index in [0.29, 0.717) is 0 Å². The van der Waals surface area contributed by atoms with Gasteiger partial charge in [0.1, 0.15) is 5.15 Å². The van der Waals surface area contributed by atoms with E-state index in [2.05, 4.69) is 4.98 Å². The number of hydrogen-bond acceptors (Lipinski definition) is 1. The maximum absolute atomic E-state index is 12.2. The van der Waals surface area contributed by atoms with Crippen molar-refractivity contribution in [3.63, 3.8) is 0 Å². The third-order valence-electron chi connectivity index (χ3n) is 1.37. The number of hydrogen-bond donors (Lipinski definition) is 0. The Kier molecular flexibility index (Phi) is 3.03. The predicted octanol–water partition coefficient (Wildman–Crippen LogP) is 3.49. The summed E-state index contributed by atoms with van der Waals surface area (Å²) in [5.41, 5.74) is -1.09. The maximum atomic E-state index is 12.2. The van der Waals surface area contributed by atoms with Crippen molar-refractivity contribution in [2.45, 2.75) is 12.1 Å². The molecule has 1 aromatic rings. The molecule has 0 aromatic carbocycles. The van der Waals surface area contributed by atoms with E-state index < -0.39 is 11.7 Å². The lowest BCUT2D eigenvalue weighted by molar-refractivity contribution is -0.138. The van der Waals surface area contributed by atoms with Crippen LogP contribution in [0.1, 0.15) is 11.3 Å². The number of rotatable bonds is 1. The van der Waals surface area contributed by atoms with Gasteiger partial charge in [-0.3, -0.25) is 0 Å². The van der Waals surface area contributed by atoms with E-state index in [9.17, 15) is 13.2 Å². The molecule has 0 bridgehead atoms. The molecule has 0 amide bonds. The van der Waals surface area contributed by atoms with Gasteiger partial charge in [-0.2, -0.15) is 13.2 Å². The molecule has 0 unspecified atom stereocenters. The molecule has 0 saturated heterocycles. The number of aromatic nitrogens is 1. The third kappa shape index (κ3) is 2.48. The first kappa shape index (κ1) is 10.6. The van der Waals surface area contributed by atoms with Crippen molar-refractivity contribution >= 4 is 23.2 Å². The Labute approximate surface area is 82.5 Å². The van der Waals surface area contributed by atoms with Gasteiger partial charge < -0.3 is 0 Å². The van der Waals surface area contributed by atoms with E-state index in [1.165, 1.54) is 0 Å². The van der Waals surface area contributed by atoms with E-state index in [1.807, 2.05) is 0 Å². The van der Waals surface area contributed by atoms with Gasteiger partial charge in [0.05, 0.1) is 17.1 Å². The van der Waals surface area contributed by atoms with Crippen LogP contribution in [0.4, 0.5) is 13.2 Å². The summed E-state index contributed by atoms with van der Waals surface area (Å²) in [6.45, 7) is 0. The fourth-order valence-corrected chi connectivity index (χ4v) is 1.20. The van der Waals surface area contributed by atoms with E-state index in [-0.39, 0.29) is 16.7 Å². The van der Waals surface area contributed by atoms with Crippen LogP contribution in [0.2, 0.25) is 5.15 Å². The molecule has 72 valence electrons. The van der Waals surface area contributed by atoms with Crippen LogP contribution >= 0.6 is 23.2 Å². The van der Waals surface area contributed by atoms with Crippen molar-refractivity contribution in [2.24, 2.45) is 0 Å². The second-order valence-corrected chi connectivity index (χ2v) is 2.91. The lowest BCUT2D eigenvalue weighted by Crippen LogP contribution is -2.09. The third-order valence-corrected chi connectivity index (χ3v) is 1.84. The smallest absolute Gasteiger partial charge is 0.239 e. The topological polar surface area (TPSA) is 12.9 Å². The molecule has 6 heteroatoms. The van der Waals surface area contributed by atoms with Crippen molar-refractivity contribution in [3.8, 4) is 0 Å². The van der Waals surface area contributed by atoms with Gasteiger partial charge in [-0.25, -0.2) is 4.98 Å². The highest BCUT2D eigenvalue weighted by Gasteiger charge is 2.33. The van der Waals surface area contributed by atoms with Crippen LogP contribution in [0, 0.1) is 0 Å². The fraction of sp³-hybridized carbons (Fsp3) is 0.286. The lowest BCUT2D eigenvalue weighted by atomic mass is 10.2. The SMILES string of the molecule is FC(F)(F)c1ccc(Cl)nc1CCl. The second-order valence-electron chi connectivity index (χ2n) is 2.26. The summed E-state index contributed by atoms with van der Waals surface area (Å²) in [6, 6.07) is 1.95. The summed E-state index contributed by atoms with van der Waals surface area (Å²) in [7, 11) is 0. The molecule has 1 nitrogen and oxygen atoms in total. The first-order chi connectivity index (χ1) is 5.95. The quantitative estimate of drug-likeness (QED) is 0.531. The van der Waals surface area contributed by atoms with E-state index >= 15 is 0 Å². The molecule has 1 rings (SSSR count). The largest absolute Gasteiger partial charge is 0.418 e. The van der Waals surface area contributed by atoms with Crippen molar-refractivity contribution in [2.75, 3.05) is 0 Å². The molecule has 0 radical (unpaired) electrons. The monoisotopic (exact) mass is 229 g/mol. The zero-order chi connectivity index (χ0) is 10.1. The average molecular weight is 230 g/mol. The van der Waals surface area contributed by atoms with Crippen molar-refractivity contribution in [1.82, 2.24) is 4.98 Å².